The number of nitro groups is 1. The lowest BCUT2D eigenvalue weighted by molar-refractivity contribution is -0.384. The molecule has 180 valence electrons. The summed E-state index contributed by atoms with van der Waals surface area (Å²) < 4.78 is 25.7. The van der Waals surface area contributed by atoms with E-state index >= 15 is 0 Å². The van der Waals surface area contributed by atoms with E-state index in [1.807, 2.05) is 0 Å². The van der Waals surface area contributed by atoms with Crippen molar-refractivity contribution in [1.82, 2.24) is 15.2 Å². The minimum absolute atomic E-state index is 0.00657. The normalized spacial score (nSPS) is 15.5. The number of fused-ring (bicyclic) bond motifs is 1. The average molecular weight is 483 g/mol. The number of esters is 1. The number of carbonyl (C=O) groups excluding carboxylic acids is 2. The molecule has 1 aliphatic rings. The van der Waals surface area contributed by atoms with Gasteiger partial charge in [-0.1, -0.05) is 6.07 Å². The van der Waals surface area contributed by atoms with E-state index in [0.717, 1.165) is 4.90 Å². The van der Waals surface area contributed by atoms with Gasteiger partial charge in [-0.15, -0.1) is 0 Å². The highest BCUT2D eigenvalue weighted by molar-refractivity contribution is 6.00. The number of ether oxygens (including phenoxy) is 4. The Morgan fingerprint density at radius 1 is 1.03 bits per heavy atom. The molecule has 0 bridgehead atoms. The number of aliphatic imine (C=N–C) groups is 1. The molecule has 3 aromatic rings. The number of amidine groups is 1. The van der Waals surface area contributed by atoms with Gasteiger partial charge in [0.25, 0.3) is 5.69 Å². The molecule has 1 unspecified atom stereocenters. The largest absolute Gasteiger partial charge is 0.480 e. The van der Waals surface area contributed by atoms with Gasteiger partial charge in [-0.25, -0.2) is 19.1 Å². The lowest BCUT2D eigenvalue weighted by Crippen LogP contribution is -2.46. The van der Waals surface area contributed by atoms with Gasteiger partial charge in [0.15, 0.2) is 0 Å². The summed E-state index contributed by atoms with van der Waals surface area (Å²) in [7, 11) is 3.73. The van der Waals surface area contributed by atoms with Crippen LogP contribution in [0.4, 0.5) is 10.5 Å². The second kappa shape index (κ2) is 9.46. The number of amides is 1. The van der Waals surface area contributed by atoms with E-state index < -0.39 is 23.0 Å². The highest BCUT2D eigenvalue weighted by Crippen LogP contribution is 2.37. The molecular weight excluding hydrogens is 466 g/mol. The van der Waals surface area contributed by atoms with Gasteiger partial charge < -0.3 is 18.9 Å². The summed E-state index contributed by atoms with van der Waals surface area (Å²) in [6, 6.07) is 8.16. The monoisotopic (exact) mass is 483 g/mol. The van der Waals surface area contributed by atoms with Crippen molar-refractivity contribution >= 4 is 34.8 Å². The summed E-state index contributed by atoms with van der Waals surface area (Å²) in [6.45, 7) is 0. The molecule has 0 aliphatic carbocycles. The van der Waals surface area contributed by atoms with Crippen molar-refractivity contribution in [3.63, 3.8) is 0 Å². The number of non-ortho nitro benzene ring substituents is 1. The van der Waals surface area contributed by atoms with E-state index in [1.165, 1.54) is 45.6 Å². The third-order valence-electron chi connectivity index (χ3n) is 4.99. The molecule has 1 aliphatic heterocycles. The van der Waals surface area contributed by atoms with Crippen LogP contribution in [0.3, 0.4) is 0 Å². The molecule has 1 amide bonds. The molecular formula is C21H17N5O9. The summed E-state index contributed by atoms with van der Waals surface area (Å²) >= 11 is 0. The quantitative estimate of drug-likeness (QED) is 0.297. The Balaban J connectivity index is 1.82. The number of benzene rings is 2. The van der Waals surface area contributed by atoms with Gasteiger partial charge in [0.05, 0.1) is 26.3 Å². The average Bonchev–Trinajstić information content (AvgIpc) is 3.35. The van der Waals surface area contributed by atoms with Crippen LogP contribution in [0.2, 0.25) is 0 Å². The van der Waals surface area contributed by atoms with E-state index in [1.54, 1.807) is 18.2 Å². The van der Waals surface area contributed by atoms with Gasteiger partial charge >= 0.3 is 18.1 Å². The Hall–Kier alpha value is -5.01. The summed E-state index contributed by atoms with van der Waals surface area (Å²) in [5, 5.41) is 18.5. The zero-order valence-corrected chi connectivity index (χ0v) is 18.5. The van der Waals surface area contributed by atoms with Gasteiger partial charge in [0, 0.05) is 12.1 Å². The Labute approximate surface area is 196 Å². The Morgan fingerprint density at radius 2 is 1.74 bits per heavy atom. The molecule has 14 heteroatoms. The van der Waals surface area contributed by atoms with Crippen molar-refractivity contribution in [2.75, 3.05) is 21.3 Å². The fourth-order valence-electron chi connectivity index (χ4n) is 3.42. The predicted octanol–water partition coefficient (Wildman–Crippen LogP) is 2.72. The highest BCUT2D eigenvalue weighted by Gasteiger charge is 2.44. The smallest absolute Gasteiger partial charge is 0.424 e. The number of hydrogen-bond acceptors (Lipinski definition) is 12. The van der Waals surface area contributed by atoms with Crippen LogP contribution in [0.15, 0.2) is 63.5 Å². The standard InChI is InChI=1S/C21H17N5O9/c1-31-18-16(19(27)32-2)17(11-4-9-14-15(10-11)24-35-23-14)25(20(22-18)33-3)21(28)34-13-7-5-12(6-8-13)26(29)30/h4-10,17H,1-3H3. The van der Waals surface area contributed by atoms with Crippen LogP contribution in [0.5, 0.6) is 5.75 Å². The molecule has 2 heterocycles. The van der Waals surface area contributed by atoms with Gasteiger partial charge in [-0.3, -0.25) is 10.1 Å². The molecule has 0 N–H and O–H groups in total. The highest BCUT2D eigenvalue weighted by atomic mass is 16.6. The predicted molar refractivity (Wildman–Crippen MR) is 116 cm³/mol. The number of carbonyl (C=O) groups is 2. The third-order valence-corrected chi connectivity index (χ3v) is 4.99. The number of nitrogens with zero attached hydrogens (tertiary/aromatic N) is 5. The molecule has 4 rings (SSSR count). The number of methoxy groups -OCH3 is 3. The van der Waals surface area contributed by atoms with E-state index in [-0.39, 0.29) is 28.9 Å². The maximum absolute atomic E-state index is 13.4. The van der Waals surface area contributed by atoms with E-state index in [9.17, 15) is 19.7 Å². The van der Waals surface area contributed by atoms with Crippen molar-refractivity contribution in [1.29, 1.82) is 0 Å². The fraction of sp³-hybridized carbons (Fsp3) is 0.190. The van der Waals surface area contributed by atoms with Crippen LogP contribution in [0.25, 0.3) is 11.0 Å². The first-order valence-corrected chi connectivity index (χ1v) is 9.84. The molecule has 1 aromatic heterocycles. The number of aromatic nitrogens is 2. The van der Waals surface area contributed by atoms with Crippen molar-refractivity contribution in [2.24, 2.45) is 4.99 Å². The summed E-state index contributed by atoms with van der Waals surface area (Å²) in [6.07, 6.45) is -1.00. The van der Waals surface area contributed by atoms with Gasteiger partial charge in [0.2, 0.25) is 5.88 Å². The SMILES string of the molecule is COC(=O)C1=C(OC)N=C(OC)N(C(=O)Oc2ccc([N+](=O)[O-])cc2)C1c1ccc2nonc2c1. The Morgan fingerprint density at radius 3 is 2.37 bits per heavy atom. The zero-order chi connectivity index (χ0) is 25.1. The molecule has 0 saturated heterocycles. The molecule has 14 nitrogen and oxygen atoms in total. The van der Waals surface area contributed by atoms with Crippen LogP contribution in [0.1, 0.15) is 11.6 Å². The molecule has 2 aromatic carbocycles. The minimum atomic E-state index is -1.18. The Bertz CT molecular complexity index is 1360. The number of hydrogen-bond donors (Lipinski definition) is 0. The van der Waals surface area contributed by atoms with Crippen LogP contribution in [-0.2, 0) is 19.0 Å². The number of rotatable bonds is 5. The van der Waals surface area contributed by atoms with Gasteiger partial charge in [-0.05, 0) is 40.1 Å². The first-order valence-electron chi connectivity index (χ1n) is 9.84. The lowest BCUT2D eigenvalue weighted by Gasteiger charge is -2.34. The zero-order valence-electron chi connectivity index (χ0n) is 18.5. The van der Waals surface area contributed by atoms with Crippen molar-refractivity contribution in [3.05, 3.63) is 69.6 Å². The molecule has 0 saturated carbocycles. The molecule has 35 heavy (non-hydrogen) atoms. The number of nitro benzene ring substituents is 1. The van der Waals surface area contributed by atoms with E-state index in [2.05, 4.69) is 15.3 Å². The maximum Gasteiger partial charge on any atom is 0.424 e. The van der Waals surface area contributed by atoms with E-state index in [4.69, 9.17) is 23.6 Å². The van der Waals surface area contributed by atoms with Crippen LogP contribution in [-0.4, -0.2) is 59.6 Å². The second-order valence-corrected chi connectivity index (χ2v) is 6.92. The Kier molecular flexibility index (Phi) is 6.26. The van der Waals surface area contributed by atoms with Gasteiger partial charge in [0.1, 0.15) is 28.4 Å². The second-order valence-electron chi connectivity index (χ2n) is 6.92. The lowest BCUT2D eigenvalue weighted by atomic mass is 9.96. The first kappa shape index (κ1) is 23.2. The van der Waals surface area contributed by atoms with Crippen molar-refractivity contribution in [2.45, 2.75) is 6.04 Å². The molecule has 0 fully saturated rings. The van der Waals surface area contributed by atoms with Crippen LogP contribution < -0.4 is 4.74 Å². The molecule has 0 radical (unpaired) electrons. The minimum Gasteiger partial charge on any atom is -0.480 e. The van der Waals surface area contributed by atoms with Crippen LogP contribution >= 0.6 is 0 Å². The van der Waals surface area contributed by atoms with Crippen LogP contribution in [0, 0.1) is 10.1 Å². The summed E-state index contributed by atoms with van der Waals surface area (Å²) in [5.41, 5.74) is 0.882. The van der Waals surface area contributed by atoms with E-state index in [0.29, 0.717) is 16.6 Å². The summed E-state index contributed by atoms with van der Waals surface area (Å²) in [4.78, 5) is 41.6. The fourth-order valence-corrected chi connectivity index (χ4v) is 3.42. The molecule has 0 spiro atoms. The molecule has 1 atom stereocenters. The summed E-state index contributed by atoms with van der Waals surface area (Å²) in [5.74, 6) is -0.958. The first-order chi connectivity index (χ1) is 16.9. The third kappa shape index (κ3) is 4.31. The van der Waals surface area contributed by atoms with Crippen molar-refractivity contribution < 1.29 is 38.1 Å². The van der Waals surface area contributed by atoms with Crippen molar-refractivity contribution in [3.8, 4) is 5.75 Å². The maximum atomic E-state index is 13.4. The van der Waals surface area contributed by atoms with Gasteiger partial charge in [-0.2, -0.15) is 4.99 Å². The topological polar surface area (TPSA) is 169 Å².